The number of nitrogens with one attached hydrogen (secondary N) is 3. The molecule has 1 aliphatic heterocycles. The highest BCUT2D eigenvalue weighted by atomic mass is 19.4. The Hall–Kier alpha value is -3.47. The van der Waals surface area contributed by atoms with Crippen molar-refractivity contribution in [2.45, 2.75) is 31.1 Å². The molecule has 1 aromatic carbocycles. The summed E-state index contributed by atoms with van der Waals surface area (Å²) in [4.78, 5) is 30.1. The summed E-state index contributed by atoms with van der Waals surface area (Å²) < 4.78 is 37.9. The minimum Gasteiger partial charge on any atom is -0.341 e. The van der Waals surface area contributed by atoms with Crippen molar-refractivity contribution in [1.82, 2.24) is 25.2 Å². The summed E-state index contributed by atoms with van der Waals surface area (Å²) in [6, 6.07) is 7.27. The van der Waals surface area contributed by atoms with Crippen LogP contribution in [0.25, 0.3) is 11.0 Å². The fraction of sp³-hybridized carbons (Fsp3) is 0.364. The summed E-state index contributed by atoms with van der Waals surface area (Å²) in [6.45, 7) is 0.752. The third-order valence-electron chi connectivity index (χ3n) is 5.64. The number of hydrogen-bond acceptors (Lipinski definition) is 5. The maximum absolute atomic E-state index is 12.6. The van der Waals surface area contributed by atoms with Crippen LogP contribution in [0.2, 0.25) is 0 Å². The van der Waals surface area contributed by atoms with Crippen molar-refractivity contribution in [3.63, 3.8) is 0 Å². The largest absolute Gasteiger partial charge is 0.433 e. The monoisotopic (exact) mass is 459 g/mol. The van der Waals surface area contributed by atoms with E-state index in [1.807, 2.05) is 25.2 Å². The summed E-state index contributed by atoms with van der Waals surface area (Å²) in [7, 11) is 3.73. The van der Waals surface area contributed by atoms with Gasteiger partial charge in [0.25, 0.3) is 0 Å². The predicted octanol–water partition coefficient (Wildman–Crippen LogP) is 3.98. The first-order valence-electron chi connectivity index (χ1n) is 10.5. The molecule has 2 aromatic heterocycles. The van der Waals surface area contributed by atoms with Gasteiger partial charge in [0.1, 0.15) is 11.5 Å². The van der Waals surface area contributed by atoms with Crippen LogP contribution in [0.3, 0.4) is 0 Å². The number of amides is 2. The zero-order valence-electron chi connectivity index (χ0n) is 18.1. The van der Waals surface area contributed by atoms with E-state index in [9.17, 15) is 18.0 Å². The smallest absolute Gasteiger partial charge is 0.341 e. The zero-order valence-corrected chi connectivity index (χ0v) is 18.1. The molecule has 0 spiro atoms. The number of likely N-dealkylation sites (tertiary alicyclic amines) is 1. The average Bonchev–Trinajstić information content (AvgIpc) is 3.18. The van der Waals surface area contributed by atoms with Gasteiger partial charge >= 0.3 is 12.2 Å². The van der Waals surface area contributed by atoms with Crippen LogP contribution in [0.15, 0.2) is 41.5 Å². The van der Waals surface area contributed by atoms with Crippen molar-refractivity contribution >= 4 is 29.0 Å². The lowest BCUT2D eigenvalue weighted by atomic mass is 9.97. The maximum Gasteiger partial charge on any atom is 0.433 e. The van der Waals surface area contributed by atoms with Gasteiger partial charge in [-0.05, 0) is 49.7 Å². The quantitative estimate of drug-likeness (QED) is 0.514. The second-order valence-electron chi connectivity index (χ2n) is 8.03. The number of rotatable bonds is 4. The Labute approximate surface area is 188 Å². The van der Waals surface area contributed by atoms with Gasteiger partial charge in [-0.3, -0.25) is 9.89 Å². The first-order chi connectivity index (χ1) is 15.7. The summed E-state index contributed by atoms with van der Waals surface area (Å²) in [6.07, 6.45) is -0.379. The molecule has 174 valence electrons. The number of carbonyl (C=O) groups excluding carboxylic acids is 1. The van der Waals surface area contributed by atoms with E-state index in [2.05, 4.69) is 30.5 Å². The van der Waals surface area contributed by atoms with Crippen molar-refractivity contribution < 1.29 is 18.0 Å². The van der Waals surface area contributed by atoms with Crippen LogP contribution in [0.1, 0.15) is 36.0 Å². The van der Waals surface area contributed by atoms with E-state index in [0.717, 1.165) is 47.7 Å². The molecule has 2 amide bonds. The second-order valence-corrected chi connectivity index (χ2v) is 8.03. The van der Waals surface area contributed by atoms with Crippen molar-refractivity contribution in [3.05, 3.63) is 53.6 Å². The van der Waals surface area contributed by atoms with E-state index < -0.39 is 17.9 Å². The van der Waals surface area contributed by atoms with Crippen LogP contribution in [-0.2, 0) is 6.18 Å². The number of aromatic nitrogens is 3. The fourth-order valence-electron chi connectivity index (χ4n) is 3.96. The Morgan fingerprint density at radius 1 is 1.30 bits per heavy atom. The third-order valence-corrected chi connectivity index (χ3v) is 5.64. The van der Waals surface area contributed by atoms with Gasteiger partial charge in [-0.25, -0.2) is 14.8 Å². The van der Waals surface area contributed by atoms with E-state index in [1.165, 1.54) is 6.07 Å². The molecule has 0 saturated carbocycles. The number of pyridine rings is 1. The summed E-state index contributed by atoms with van der Waals surface area (Å²) >= 11 is 0. The average molecular weight is 459 g/mol. The molecule has 3 N–H and O–H groups in total. The molecular weight excluding hydrogens is 435 g/mol. The van der Waals surface area contributed by atoms with E-state index in [4.69, 9.17) is 4.98 Å². The van der Waals surface area contributed by atoms with Crippen molar-refractivity contribution in [2.75, 3.05) is 26.0 Å². The summed E-state index contributed by atoms with van der Waals surface area (Å²) in [5, 5.41) is 5.45. The van der Waals surface area contributed by atoms with Crippen molar-refractivity contribution in [2.24, 2.45) is 4.99 Å². The normalized spacial score (nSPS) is 19.8. The second kappa shape index (κ2) is 9.18. The standard InChI is InChI=1S/C22H24F3N7O/c1-26-11-13-3-5-16-17(9-13)31-20(30-16)18-10-14(7-8-32(18)2)28-21(33)29-15-4-6-19(27-12-15)22(23,24)25/h3-6,9,11-12,14,18H,7-8,10H2,1-2H3,(H,30,31)(H2,28,29,33)/t14?,18-/m1/s1. The number of nitrogens with zero attached hydrogens (tertiary/aromatic N) is 4. The number of urea groups is 1. The van der Waals surface area contributed by atoms with Crippen LogP contribution in [0.5, 0.6) is 0 Å². The van der Waals surface area contributed by atoms with E-state index in [0.29, 0.717) is 6.42 Å². The molecule has 0 radical (unpaired) electrons. The Morgan fingerprint density at radius 2 is 2.12 bits per heavy atom. The molecule has 33 heavy (non-hydrogen) atoms. The Bertz CT molecular complexity index is 1160. The number of imidazole rings is 1. The van der Waals surface area contributed by atoms with Gasteiger partial charge in [0.15, 0.2) is 0 Å². The van der Waals surface area contributed by atoms with Gasteiger partial charge in [0.2, 0.25) is 0 Å². The summed E-state index contributed by atoms with van der Waals surface area (Å²) in [5.74, 6) is 0.817. The molecule has 8 nitrogen and oxygen atoms in total. The molecular formula is C22H24F3N7O. The minimum absolute atomic E-state index is 0.0209. The van der Waals surface area contributed by atoms with Gasteiger partial charge in [-0.2, -0.15) is 13.2 Å². The molecule has 0 aliphatic carbocycles. The number of aromatic amines is 1. The maximum atomic E-state index is 12.6. The van der Waals surface area contributed by atoms with Crippen LogP contribution in [0, 0.1) is 0 Å². The highest BCUT2D eigenvalue weighted by Crippen LogP contribution is 2.30. The Kier molecular flexibility index (Phi) is 6.32. The van der Waals surface area contributed by atoms with Crippen LogP contribution >= 0.6 is 0 Å². The fourth-order valence-corrected chi connectivity index (χ4v) is 3.96. The number of aliphatic imine (C=N–C) groups is 1. The van der Waals surface area contributed by atoms with Crippen molar-refractivity contribution in [3.8, 4) is 0 Å². The number of halogens is 3. The molecule has 11 heteroatoms. The highest BCUT2D eigenvalue weighted by molar-refractivity contribution is 5.89. The number of benzene rings is 1. The van der Waals surface area contributed by atoms with Crippen LogP contribution in [0.4, 0.5) is 23.7 Å². The zero-order chi connectivity index (χ0) is 23.6. The Balaban J connectivity index is 1.41. The van der Waals surface area contributed by atoms with Gasteiger partial charge in [-0.1, -0.05) is 6.07 Å². The van der Waals surface area contributed by atoms with E-state index in [-0.39, 0.29) is 17.8 Å². The molecule has 3 heterocycles. The number of hydrogen-bond donors (Lipinski definition) is 3. The number of carbonyl (C=O) groups is 1. The molecule has 1 unspecified atom stereocenters. The van der Waals surface area contributed by atoms with E-state index >= 15 is 0 Å². The Morgan fingerprint density at radius 3 is 2.82 bits per heavy atom. The first-order valence-corrected chi connectivity index (χ1v) is 10.5. The molecule has 1 aliphatic rings. The lowest BCUT2D eigenvalue weighted by Gasteiger charge is -2.36. The van der Waals surface area contributed by atoms with Gasteiger partial charge < -0.3 is 15.6 Å². The lowest BCUT2D eigenvalue weighted by Crippen LogP contribution is -2.46. The predicted molar refractivity (Wildman–Crippen MR) is 119 cm³/mol. The SMILES string of the molecule is CN=Cc1ccc2nc([C@H]3CC(NC(=O)Nc4ccc(C(F)(F)F)nc4)CCN3C)[nH]c2c1. The minimum atomic E-state index is -4.52. The molecule has 1 fully saturated rings. The van der Waals surface area contributed by atoms with Gasteiger partial charge in [-0.15, -0.1) is 0 Å². The molecule has 4 rings (SSSR count). The van der Waals surface area contributed by atoms with Crippen LogP contribution < -0.4 is 10.6 Å². The number of fused-ring (bicyclic) bond motifs is 1. The third kappa shape index (κ3) is 5.30. The van der Waals surface area contributed by atoms with Gasteiger partial charge in [0.05, 0.1) is 29.0 Å². The molecule has 1 saturated heterocycles. The first kappa shape index (κ1) is 22.7. The van der Waals surface area contributed by atoms with Gasteiger partial charge in [0, 0.05) is 25.8 Å². The number of anilines is 1. The molecule has 3 aromatic rings. The highest BCUT2D eigenvalue weighted by Gasteiger charge is 2.32. The topological polar surface area (TPSA) is 98.3 Å². The number of alkyl halides is 3. The molecule has 2 atom stereocenters. The summed E-state index contributed by atoms with van der Waals surface area (Å²) in [5.41, 5.74) is 1.93. The van der Waals surface area contributed by atoms with E-state index in [1.54, 1.807) is 13.3 Å². The molecule has 0 bridgehead atoms. The van der Waals surface area contributed by atoms with Crippen LogP contribution in [-0.4, -0.2) is 58.8 Å². The number of H-pyrrole nitrogens is 1. The lowest BCUT2D eigenvalue weighted by molar-refractivity contribution is -0.141. The van der Waals surface area contributed by atoms with Crippen molar-refractivity contribution in [1.29, 1.82) is 0 Å². The number of piperidine rings is 1.